The number of nitrogens with one attached hydrogen (secondary N) is 2. The van der Waals surface area contributed by atoms with Gasteiger partial charge in [0, 0.05) is 16.1 Å². The van der Waals surface area contributed by atoms with Crippen molar-refractivity contribution in [1.82, 2.24) is 9.97 Å². The molecule has 0 saturated heterocycles. The number of hydrogen-bond donors (Lipinski definition) is 2. The number of H-pyrrole nitrogens is 1. The molecule has 5 nitrogen and oxygen atoms in total. The van der Waals surface area contributed by atoms with E-state index in [0.29, 0.717) is 21.1 Å². The number of aryl methyl sites for hydroxylation is 1. The lowest BCUT2D eigenvalue weighted by Crippen LogP contribution is -2.15. The summed E-state index contributed by atoms with van der Waals surface area (Å²) in [6, 6.07) is 13.6. The molecular formula is C21H15ClFN3O2S2. The third-order valence-corrected chi connectivity index (χ3v) is 6.48. The first-order chi connectivity index (χ1) is 14.4. The summed E-state index contributed by atoms with van der Waals surface area (Å²) >= 11 is 8.28. The van der Waals surface area contributed by atoms with Crippen LogP contribution in [0.3, 0.4) is 0 Å². The van der Waals surface area contributed by atoms with Crippen LogP contribution in [-0.4, -0.2) is 21.6 Å². The second kappa shape index (κ2) is 8.59. The van der Waals surface area contributed by atoms with Crippen LogP contribution in [0.1, 0.15) is 4.88 Å². The Morgan fingerprint density at radius 2 is 2.03 bits per heavy atom. The second-order valence-corrected chi connectivity index (χ2v) is 8.99. The highest BCUT2D eigenvalue weighted by molar-refractivity contribution is 7.99. The van der Waals surface area contributed by atoms with Crippen LogP contribution < -0.4 is 10.9 Å². The van der Waals surface area contributed by atoms with Crippen LogP contribution in [-0.2, 0) is 4.79 Å². The number of halogens is 2. The standard InChI is InChI=1S/C21H15ClFN3O2S2/c1-11-17(12-5-3-2-4-6-12)18-19(28)25-21(26-20(18)30-11)29-10-16(27)24-13-7-8-15(23)14(22)9-13/h2-9H,10H2,1H3,(H,24,27)(H,25,26,28). The number of benzene rings is 2. The van der Waals surface area contributed by atoms with Gasteiger partial charge < -0.3 is 10.3 Å². The highest BCUT2D eigenvalue weighted by atomic mass is 35.5. The van der Waals surface area contributed by atoms with Crippen molar-refractivity contribution in [1.29, 1.82) is 0 Å². The number of aromatic nitrogens is 2. The van der Waals surface area contributed by atoms with Gasteiger partial charge in [0.1, 0.15) is 10.6 Å². The van der Waals surface area contributed by atoms with Gasteiger partial charge in [0.15, 0.2) is 5.16 Å². The van der Waals surface area contributed by atoms with Gasteiger partial charge >= 0.3 is 0 Å². The van der Waals surface area contributed by atoms with Crippen LogP contribution in [0.25, 0.3) is 21.3 Å². The zero-order valence-corrected chi connectivity index (χ0v) is 18.1. The van der Waals surface area contributed by atoms with E-state index in [1.54, 1.807) is 0 Å². The van der Waals surface area contributed by atoms with E-state index in [0.717, 1.165) is 27.8 Å². The smallest absolute Gasteiger partial charge is 0.260 e. The fourth-order valence-electron chi connectivity index (χ4n) is 3.02. The monoisotopic (exact) mass is 459 g/mol. The van der Waals surface area contributed by atoms with Gasteiger partial charge in [-0.1, -0.05) is 53.7 Å². The summed E-state index contributed by atoms with van der Waals surface area (Å²) in [4.78, 5) is 33.9. The van der Waals surface area contributed by atoms with Crippen LogP contribution in [0.5, 0.6) is 0 Å². The normalized spacial score (nSPS) is 11.0. The number of fused-ring (bicyclic) bond motifs is 1. The summed E-state index contributed by atoms with van der Waals surface area (Å²) in [6.07, 6.45) is 0. The average Bonchev–Trinajstić information content (AvgIpc) is 3.06. The molecule has 2 aromatic heterocycles. The zero-order chi connectivity index (χ0) is 21.3. The molecule has 2 aromatic carbocycles. The van der Waals surface area contributed by atoms with Crippen molar-refractivity contribution >= 4 is 56.5 Å². The summed E-state index contributed by atoms with van der Waals surface area (Å²) < 4.78 is 13.2. The molecule has 0 bridgehead atoms. The molecule has 0 spiro atoms. The van der Waals surface area contributed by atoms with Crippen molar-refractivity contribution < 1.29 is 9.18 Å². The number of thioether (sulfide) groups is 1. The van der Waals surface area contributed by atoms with E-state index in [-0.39, 0.29) is 22.2 Å². The molecule has 0 atom stereocenters. The van der Waals surface area contributed by atoms with Crippen molar-refractivity contribution in [2.45, 2.75) is 12.1 Å². The maximum Gasteiger partial charge on any atom is 0.260 e. The minimum absolute atomic E-state index is 0.0271. The van der Waals surface area contributed by atoms with Crippen LogP contribution in [0.4, 0.5) is 10.1 Å². The third kappa shape index (κ3) is 4.26. The zero-order valence-electron chi connectivity index (χ0n) is 15.7. The van der Waals surface area contributed by atoms with Crippen molar-refractivity contribution in [3.63, 3.8) is 0 Å². The summed E-state index contributed by atoms with van der Waals surface area (Å²) in [7, 11) is 0. The number of carbonyl (C=O) groups is 1. The number of amides is 1. The van der Waals surface area contributed by atoms with Gasteiger partial charge in [-0.15, -0.1) is 11.3 Å². The highest BCUT2D eigenvalue weighted by Crippen LogP contribution is 2.35. The predicted octanol–water partition coefficient (Wildman–Crippen LogP) is 5.48. The number of nitrogens with zero attached hydrogens (tertiary/aromatic N) is 1. The fraction of sp³-hybridized carbons (Fsp3) is 0.0952. The Morgan fingerprint density at radius 3 is 2.77 bits per heavy atom. The Morgan fingerprint density at radius 1 is 1.27 bits per heavy atom. The Bertz CT molecular complexity index is 1310. The quantitative estimate of drug-likeness (QED) is 0.306. The van der Waals surface area contributed by atoms with Gasteiger partial charge in [0.05, 0.1) is 16.2 Å². The minimum Gasteiger partial charge on any atom is -0.325 e. The molecule has 152 valence electrons. The summed E-state index contributed by atoms with van der Waals surface area (Å²) in [6.45, 7) is 1.96. The van der Waals surface area contributed by atoms with Gasteiger partial charge in [-0.25, -0.2) is 9.37 Å². The van der Waals surface area contributed by atoms with Crippen molar-refractivity contribution in [2.24, 2.45) is 0 Å². The number of hydrogen-bond acceptors (Lipinski definition) is 5. The van der Waals surface area contributed by atoms with Crippen LogP contribution in [0.15, 0.2) is 58.5 Å². The predicted molar refractivity (Wildman–Crippen MR) is 121 cm³/mol. The van der Waals surface area contributed by atoms with Crippen LogP contribution in [0, 0.1) is 12.7 Å². The van der Waals surface area contributed by atoms with Crippen molar-refractivity contribution in [3.8, 4) is 11.1 Å². The van der Waals surface area contributed by atoms with Crippen LogP contribution in [0.2, 0.25) is 5.02 Å². The molecule has 4 rings (SSSR count). The van der Waals surface area contributed by atoms with E-state index >= 15 is 0 Å². The lowest BCUT2D eigenvalue weighted by Gasteiger charge is -2.06. The van der Waals surface area contributed by atoms with E-state index in [2.05, 4.69) is 15.3 Å². The molecule has 9 heteroatoms. The van der Waals surface area contributed by atoms with Crippen molar-refractivity contribution in [3.05, 3.63) is 74.6 Å². The summed E-state index contributed by atoms with van der Waals surface area (Å²) in [5.74, 6) is -0.850. The maximum absolute atomic E-state index is 13.2. The molecule has 0 fully saturated rings. The van der Waals surface area contributed by atoms with E-state index in [1.165, 1.54) is 29.5 Å². The Kier molecular flexibility index (Phi) is 5.90. The number of carbonyl (C=O) groups excluding carboxylic acids is 1. The first kappa shape index (κ1) is 20.6. The van der Waals surface area contributed by atoms with Gasteiger partial charge in [-0.3, -0.25) is 9.59 Å². The first-order valence-electron chi connectivity index (χ1n) is 8.89. The lowest BCUT2D eigenvalue weighted by atomic mass is 10.0. The Hall–Kier alpha value is -2.68. The fourth-order valence-corrected chi connectivity index (χ4v) is 4.97. The molecular weight excluding hydrogens is 445 g/mol. The first-order valence-corrected chi connectivity index (χ1v) is 11.1. The molecule has 2 N–H and O–H groups in total. The second-order valence-electron chi connectivity index (χ2n) is 6.42. The molecule has 30 heavy (non-hydrogen) atoms. The average molecular weight is 460 g/mol. The topological polar surface area (TPSA) is 74.8 Å². The molecule has 0 aliphatic heterocycles. The van der Waals surface area contributed by atoms with E-state index in [4.69, 9.17) is 11.6 Å². The molecule has 0 radical (unpaired) electrons. The van der Waals surface area contributed by atoms with Gasteiger partial charge in [0.25, 0.3) is 5.56 Å². The number of thiophene rings is 1. The van der Waals surface area contributed by atoms with E-state index < -0.39 is 5.82 Å². The molecule has 1 amide bonds. The molecule has 0 saturated carbocycles. The van der Waals surface area contributed by atoms with Crippen LogP contribution >= 0.6 is 34.7 Å². The Labute approximate surface area is 184 Å². The molecule has 0 unspecified atom stereocenters. The molecule has 2 heterocycles. The number of rotatable bonds is 5. The summed E-state index contributed by atoms with van der Waals surface area (Å²) in [5, 5.41) is 3.48. The van der Waals surface area contributed by atoms with Gasteiger partial charge in [-0.05, 0) is 30.7 Å². The van der Waals surface area contributed by atoms with Crippen molar-refractivity contribution in [2.75, 3.05) is 11.1 Å². The Balaban J connectivity index is 1.53. The molecule has 0 aliphatic rings. The SMILES string of the molecule is Cc1sc2nc(SCC(=O)Nc3ccc(F)c(Cl)c3)[nH]c(=O)c2c1-c1ccccc1. The number of anilines is 1. The van der Waals surface area contributed by atoms with Gasteiger partial charge in [0.2, 0.25) is 5.91 Å². The maximum atomic E-state index is 13.2. The van der Waals surface area contributed by atoms with E-state index in [1.807, 2.05) is 37.3 Å². The minimum atomic E-state index is -0.555. The van der Waals surface area contributed by atoms with E-state index in [9.17, 15) is 14.0 Å². The number of aromatic amines is 1. The third-order valence-electron chi connectivity index (χ3n) is 4.32. The highest BCUT2D eigenvalue weighted by Gasteiger charge is 2.17. The van der Waals surface area contributed by atoms with Gasteiger partial charge in [-0.2, -0.15) is 0 Å². The largest absolute Gasteiger partial charge is 0.325 e. The molecule has 4 aromatic rings. The lowest BCUT2D eigenvalue weighted by molar-refractivity contribution is -0.113. The summed E-state index contributed by atoms with van der Waals surface area (Å²) in [5.41, 5.74) is 2.00. The molecule has 0 aliphatic carbocycles.